The number of esters is 2. The van der Waals surface area contributed by atoms with Crippen molar-refractivity contribution in [1.82, 2.24) is 4.90 Å². The fourth-order valence-corrected chi connectivity index (χ4v) is 8.76. The number of carbonyl (C=O) groups is 3. The zero-order valence-electron chi connectivity index (χ0n) is 32.2. The molecule has 11 nitrogen and oxygen atoms in total. The Morgan fingerprint density at radius 1 is 1.02 bits per heavy atom. The van der Waals surface area contributed by atoms with E-state index < -0.39 is 77.7 Å². The second kappa shape index (κ2) is 16.6. The highest BCUT2D eigenvalue weighted by Gasteiger charge is 2.51. The molecule has 3 heterocycles. The van der Waals surface area contributed by atoms with Gasteiger partial charge < -0.3 is 38.8 Å². The van der Waals surface area contributed by atoms with Crippen molar-refractivity contribution in [3.8, 4) is 0 Å². The molecule has 0 aromatic carbocycles. The van der Waals surface area contributed by atoms with Crippen LogP contribution in [0.3, 0.4) is 0 Å². The fourth-order valence-electron chi connectivity index (χ4n) is 8.76. The minimum atomic E-state index is -1.61. The lowest BCUT2D eigenvalue weighted by Crippen LogP contribution is -2.57. The van der Waals surface area contributed by atoms with E-state index in [4.69, 9.17) is 23.7 Å². The van der Waals surface area contributed by atoms with E-state index in [0.717, 1.165) is 6.42 Å². The first kappa shape index (κ1) is 41.5. The monoisotopic (exact) mass is 695 g/mol. The topological polar surface area (TPSA) is 141 Å². The summed E-state index contributed by atoms with van der Waals surface area (Å²) in [5.41, 5.74) is -2.82. The third kappa shape index (κ3) is 10.1. The molecule has 0 radical (unpaired) electrons. The van der Waals surface area contributed by atoms with Crippen molar-refractivity contribution in [3.05, 3.63) is 11.6 Å². The summed E-state index contributed by atoms with van der Waals surface area (Å²) in [5.74, 6) is -3.62. The number of allylic oxidation sites excluding steroid dienone is 1. The van der Waals surface area contributed by atoms with E-state index in [0.29, 0.717) is 24.8 Å². The fraction of sp³-hybridized carbons (Fsp3) is 0.868. The van der Waals surface area contributed by atoms with Gasteiger partial charge in [-0.3, -0.25) is 14.4 Å². The molecule has 0 saturated carbocycles. The van der Waals surface area contributed by atoms with Crippen molar-refractivity contribution in [1.29, 1.82) is 0 Å². The summed E-state index contributed by atoms with van der Waals surface area (Å²) in [4.78, 5) is 41.9. The number of Topliss-reactive ketones (excluding diaryl/α,β-unsaturated/α-hetero) is 1. The molecule has 0 spiro atoms. The predicted molar refractivity (Wildman–Crippen MR) is 185 cm³/mol. The smallest absolute Gasteiger partial charge is 0.309 e. The summed E-state index contributed by atoms with van der Waals surface area (Å²) in [6.07, 6.45) is -0.149. The minimum absolute atomic E-state index is 0.0726. The Morgan fingerprint density at radius 2 is 1.65 bits per heavy atom. The molecule has 3 rings (SSSR count). The van der Waals surface area contributed by atoms with Crippen LogP contribution in [0.25, 0.3) is 0 Å². The average Bonchev–Trinajstić information content (AvgIpc) is 2.98. The lowest BCUT2D eigenvalue weighted by Gasteiger charge is -2.49. The molecule has 2 N–H and O–H groups in total. The van der Waals surface area contributed by atoms with Crippen LogP contribution >= 0.6 is 0 Å². The largest absolute Gasteiger partial charge is 0.460 e. The number of carbonyl (C=O) groups excluding carboxylic acids is 3. The van der Waals surface area contributed by atoms with E-state index in [1.165, 1.54) is 13.0 Å². The molecule has 3 aliphatic heterocycles. The van der Waals surface area contributed by atoms with Gasteiger partial charge in [-0.05, 0) is 97.9 Å². The molecule has 0 amide bonds. The molecule has 0 bridgehead atoms. The Labute approximate surface area is 294 Å². The normalized spacial score (nSPS) is 46.0. The molecule has 0 aromatic rings. The van der Waals surface area contributed by atoms with E-state index in [-0.39, 0.29) is 36.2 Å². The molecule has 2 fully saturated rings. The van der Waals surface area contributed by atoms with Gasteiger partial charge in [0, 0.05) is 31.2 Å². The molecule has 15 atom stereocenters. The van der Waals surface area contributed by atoms with Crippen molar-refractivity contribution < 1.29 is 48.3 Å². The van der Waals surface area contributed by atoms with Gasteiger partial charge in [-0.15, -0.1) is 0 Å². The van der Waals surface area contributed by atoms with Crippen LogP contribution in [0.15, 0.2) is 11.6 Å². The van der Waals surface area contributed by atoms with Gasteiger partial charge in [-0.25, -0.2) is 0 Å². The number of hydrogen-bond donors (Lipinski definition) is 2. The number of rotatable bonds is 6. The summed E-state index contributed by atoms with van der Waals surface area (Å²) < 4.78 is 31.5. The Hall–Kier alpha value is -1.89. The summed E-state index contributed by atoms with van der Waals surface area (Å²) in [6, 6.07) is 0.200. The first-order chi connectivity index (χ1) is 22.6. The van der Waals surface area contributed by atoms with Crippen LogP contribution in [0, 0.1) is 29.6 Å². The molecule has 11 heteroatoms. The van der Waals surface area contributed by atoms with Gasteiger partial charge in [0.15, 0.2) is 12.1 Å². The van der Waals surface area contributed by atoms with E-state index in [1.807, 2.05) is 48.7 Å². The second-order valence-electron chi connectivity index (χ2n) is 16.1. The predicted octanol–water partition coefficient (Wildman–Crippen LogP) is 4.84. The molecular weight excluding hydrogens is 630 g/mol. The SMILES string of the molecule is CC[C@H]1OC(=O)[C@H](C)[C@@H](C2CC(C)[C@@H](OC(C)=O)C(C)O2)[C@H](C)[C@@H](O[C@H]2C[C@@H](N(C)C)C[C@@H](C)O2)[C@](C)(O)C[C@@H](C)C(=O)/C(C)=C/[C@]1(C)O. The minimum Gasteiger partial charge on any atom is -0.460 e. The third-order valence-electron chi connectivity index (χ3n) is 11.2. The lowest BCUT2D eigenvalue weighted by atomic mass is 9.68. The van der Waals surface area contributed by atoms with Gasteiger partial charge in [0.05, 0.1) is 35.9 Å². The number of ether oxygens (including phenoxy) is 5. The number of aliphatic hydroxyl groups is 2. The van der Waals surface area contributed by atoms with Crippen molar-refractivity contribution in [2.75, 3.05) is 14.1 Å². The van der Waals surface area contributed by atoms with Gasteiger partial charge in [0.1, 0.15) is 17.8 Å². The summed E-state index contributed by atoms with van der Waals surface area (Å²) in [7, 11) is 4.05. The van der Waals surface area contributed by atoms with Gasteiger partial charge in [-0.1, -0.05) is 34.6 Å². The highest BCUT2D eigenvalue weighted by molar-refractivity contribution is 5.96. The van der Waals surface area contributed by atoms with Crippen LogP contribution in [-0.4, -0.2) is 107 Å². The van der Waals surface area contributed by atoms with E-state index in [9.17, 15) is 24.6 Å². The number of hydrogen-bond acceptors (Lipinski definition) is 11. The first-order valence-electron chi connectivity index (χ1n) is 18.3. The van der Waals surface area contributed by atoms with E-state index >= 15 is 0 Å². The van der Waals surface area contributed by atoms with Crippen LogP contribution in [0.1, 0.15) is 108 Å². The average molecular weight is 696 g/mol. The number of nitrogens with zero attached hydrogens (tertiary/aromatic N) is 1. The van der Waals surface area contributed by atoms with Crippen molar-refractivity contribution in [2.45, 2.75) is 168 Å². The zero-order valence-corrected chi connectivity index (χ0v) is 32.2. The van der Waals surface area contributed by atoms with Gasteiger partial charge in [0.25, 0.3) is 0 Å². The molecular formula is C38H65NO10. The quantitative estimate of drug-likeness (QED) is 0.369. The molecule has 0 aromatic heterocycles. The van der Waals surface area contributed by atoms with Gasteiger partial charge >= 0.3 is 11.9 Å². The zero-order chi connectivity index (χ0) is 37.2. The summed E-state index contributed by atoms with van der Waals surface area (Å²) >= 11 is 0. The molecule has 3 unspecified atom stereocenters. The number of ketones is 1. The Morgan fingerprint density at radius 3 is 2.20 bits per heavy atom. The summed E-state index contributed by atoms with van der Waals surface area (Å²) in [6.45, 7) is 19.5. The molecule has 3 aliphatic rings. The highest BCUT2D eigenvalue weighted by atomic mass is 16.7. The summed E-state index contributed by atoms with van der Waals surface area (Å²) in [5, 5.41) is 23.9. The van der Waals surface area contributed by atoms with E-state index in [1.54, 1.807) is 34.6 Å². The molecule has 282 valence electrons. The van der Waals surface area contributed by atoms with Crippen LogP contribution in [0.4, 0.5) is 0 Å². The Kier molecular flexibility index (Phi) is 14.1. The van der Waals surface area contributed by atoms with Crippen LogP contribution < -0.4 is 0 Å². The van der Waals surface area contributed by atoms with E-state index in [2.05, 4.69) is 4.90 Å². The number of cyclic esters (lactones) is 1. The third-order valence-corrected chi connectivity index (χ3v) is 11.2. The maximum atomic E-state index is 14.1. The van der Waals surface area contributed by atoms with Crippen LogP contribution in [0.5, 0.6) is 0 Å². The van der Waals surface area contributed by atoms with Gasteiger partial charge in [-0.2, -0.15) is 0 Å². The second-order valence-corrected chi connectivity index (χ2v) is 16.1. The van der Waals surface area contributed by atoms with Crippen molar-refractivity contribution in [2.24, 2.45) is 29.6 Å². The lowest BCUT2D eigenvalue weighted by molar-refractivity contribution is -0.270. The van der Waals surface area contributed by atoms with Crippen molar-refractivity contribution in [3.63, 3.8) is 0 Å². The van der Waals surface area contributed by atoms with Crippen molar-refractivity contribution >= 4 is 17.7 Å². The molecule has 0 aliphatic carbocycles. The van der Waals surface area contributed by atoms with Crippen LogP contribution in [0.2, 0.25) is 0 Å². The highest BCUT2D eigenvalue weighted by Crippen LogP contribution is 2.43. The standard InChI is InChI=1S/C38H65NO10/c1-14-30-37(10,43)18-21(3)33(41)22(4)19-38(11,44)35(49-31-17-28(39(12)13)16-23(5)45-31)24(6)32(25(7)36(42)48-30)29-15-20(2)34(26(8)46-29)47-27(9)40/h18,20,22-26,28-32,34-35,43-44H,14-17,19H2,1-13H3/b21-18+/t20?,22-,23-,24+,25-,26?,28+,29?,30-,31+,32+,34-,35-,37+,38-/m1/s1. The maximum Gasteiger partial charge on any atom is 0.309 e. The molecule has 49 heavy (non-hydrogen) atoms. The Bertz CT molecular complexity index is 1170. The Balaban J connectivity index is 2.17. The molecule has 2 saturated heterocycles. The van der Waals surface area contributed by atoms with Gasteiger partial charge in [0.2, 0.25) is 0 Å². The van der Waals surface area contributed by atoms with Crippen LogP contribution in [-0.2, 0) is 38.1 Å². The first-order valence-corrected chi connectivity index (χ1v) is 18.3. The maximum absolute atomic E-state index is 14.1.